The molecule has 30 heteroatoms. The van der Waals surface area contributed by atoms with Gasteiger partial charge in [-0.3, -0.25) is 38.5 Å². The first-order valence-corrected chi connectivity index (χ1v) is 33.0. The van der Waals surface area contributed by atoms with Gasteiger partial charge in [0.2, 0.25) is 35.4 Å². The minimum absolute atomic E-state index is 0.00439. The molecule has 5 heterocycles. The molecule has 29 nitrogen and oxygen atoms in total. The number of anilines is 1. The van der Waals surface area contributed by atoms with Crippen molar-refractivity contribution in [1.29, 1.82) is 0 Å². The van der Waals surface area contributed by atoms with Crippen LogP contribution in [-0.4, -0.2) is 261 Å². The number of hydrogen-bond donors (Lipinski definition) is 14. The largest absolute Gasteiger partial charge is 0.504 e. The van der Waals surface area contributed by atoms with Gasteiger partial charge in [-0.1, -0.05) is 55.7 Å². The van der Waals surface area contributed by atoms with Crippen molar-refractivity contribution in [1.82, 2.24) is 51.5 Å². The van der Waals surface area contributed by atoms with Crippen molar-refractivity contribution in [2.45, 2.75) is 145 Å². The van der Waals surface area contributed by atoms with Gasteiger partial charge in [0.05, 0.1) is 36.6 Å². The van der Waals surface area contributed by atoms with Gasteiger partial charge in [-0.05, 0) is 93.4 Å². The van der Waals surface area contributed by atoms with Gasteiger partial charge in [0.15, 0.2) is 11.5 Å². The number of aromatic nitrogens is 2. The number of carbonyl (C=O) groups is 7. The molecule has 3 aromatic carbocycles. The summed E-state index contributed by atoms with van der Waals surface area (Å²) in [7, 11) is 1.74. The number of rotatable bonds is 23. The van der Waals surface area contributed by atoms with Gasteiger partial charge in [0.25, 0.3) is 5.91 Å². The van der Waals surface area contributed by atoms with Gasteiger partial charge in [-0.15, -0.1) is 10.2 Å². The molecule has 13 atom stereocenters. The Morgan fingerprint density at radius 1 is 0.713 bits per heavy atom. The van der Waals surface area contributed by atoms with Gasteiger partial charge < -0.3 is 98.0 Å². The van der Waals surface area contributed by atoms with Crippen molar-refractivity contribution in [3.8, 4) is 32.6 Å². The number of fused-ring (bicyclic) bond motifs is 2. The number of ether oxygens (including phenoxy) is 2. The Balaban J connectivity index is 1.01. The summed E-state index contributed by atoms with van der Waals surface area (Å²) in [5.41, 5.74) is 14.3. The summed E-state index contributed by atoms with van der Waals surface area (Å²) in [6.45, 7) is 6.87. The van der Waals surface area contributed by atoms with Crippen molar-refractivity contribution in [2.75, 3.05) is 90.7 Å². The Kier molecular flexibility index (Phi) is 26.4. The van der Waals surface area contributed by atoms with Crippen LogP contribution in [0.3, 0.4) is 0 Å². The van der Waals surface area contributed by atoms with Crippen LogP contribution in [0.2, 0.25) is 0 Å². The zero-order chi connectivity index (χ0) is 67.8. The quantitative estimate of drug-likeness (QED) is 0.0355. The van der Waals surface area contributed by atoms with E-state index in [1.54, 1.807) is 19.2 Å². The molecule has 4 aromatic rings. The second-order valence-electron chi connectivity index (χ2n) is 24.6. The number of amides is 7. The van der Waals surface area contributed by atoms with Crippen molar-refractivity contribution >= 4 is 58.4 Å². The maximum atomic E-state index is 14.7. The summed E-state index contributed by atoms with van der Waals surface area (Å²) in [5, 5.41) is 102. The normalized spacial score (nSPS) is 25.7. The number of phenols is 1. The maximum absolute atomic E-state index is 14.7. The van der Waals surface area contributed by atoms with E-state index < -0.39 is 152 Å². The molecule has 16 N–H and O–H groups in total. The fraction of sp³-hybridized carbons (Fsp3) is 0.578. The van der Waals surface area contributed by atoms with Crippen LogP contribution in [0, 0.1) is 5.92 Å². The summed E-state index contributed by atoms with van der Waals surface area (Å²) in [6, 6.07) is 7.49. The SMILES string of the molecule is COCCCCCCCN1CCN(c2ccc(-c3nnc(-c4ccc(C(=O)N[C@H]5C[C@@H](O)CNC(=O)[C@@H]6[C@@H](O)[C@@H](C)CN6C(=O)[C@H]([C@H](O)CCN)NC(=O)[C@H]([C@H](O)Cc6ccc(O)c(OCCN)c6)NC(=O)[C@@H]6C[C@@H](O)CN6C(=O)[C@H]([C@@H](C)O)NC5=O)cc4)s3)cc2)CC1. The number of hydrogen-bond acceptors (Lipinski definition) is 23. The molecule has 4 aliphatic rings. The van der Waals surface area contributed by atoms with Crippen LogP contribution in [0.25, 0.3) is 21.1 Å². The van der Waals surface area contributed by atoms with Crippen molar-refractivity contribution < 1.29 is 78.8 Å². The lowest BCUT2D eigenvalue weighted by Gasteiger charge is -2.36. The smallest absolute Gasteiger partial charge is 0.251 e. The summed E-state index contributed by atoms with van der Waals surface area (Å²) in [5.74, 6) is -8.62. The highest BCUT2D eigenvalue weighted by Gasteiger charge is 2.50. The number of β-amino-alcohol motifs (C(OH)–C–C–N with tert-alkyl or cyclic N) is 1. The fourth-order valence-corrected chi connectivity index (χ4v) is 13.1. The van der Waals surface area contributed by atoms with Gasteiger partial charge in [0, 0.05) is 114 Å². The summed E-state index contributed by atoms with van der Waals surface area (Å²) >= 11 is 1.35. The van der Waals surface area contributed by atoms with Crippen LogP contribution in [0.5, 0.6) is 11.5 Å². The molecule has 8 rings (SSSR count). The first kappa shape index (κ1) is 72.3. The van der Waals surface area contributed by atoms with E-state index in [1.807, 2.05) is 12.1 Å². The molecule has 0 unspecified atom stereocenters. The average Bonchev–Trinajstić information content (AvgIpc) is 1.67. The van der Waals surface area contributed by atoms with Gasteiger partial charge in [-0.25, -0.2) is 0 Å². The van der Waals surface area contributed by atoms with Crippen molar-refractivity contribution in [3.05, 3.63) is 77.9 Å². The molecule has 7 amide bonds. The number of phenolic OH excluding ortho intramolecular Hbond substituents is 1. The van der Waals surface area contributed by atoms with Crippen LogP contribution in [-0.2, 0) is 39.9 Å². The van der Waals surface area contributed by atoms with E-state index >= 15 is 0 Å². The first-order chi connectivity index (χ1) is 45.1. The highest BCUT2D eigenvalue weighted by molar-refractivity contribution is 7.17. The number of aliphatic hydroxyl groups is 6. The van der Waals surface area contributed by atoms with Gasteiger partial charge >= 0.3 is 0 Å². The number of nitrogens with zero attached hydrogens (tertiary/aromatic N) is 6. The van der Waals surface area contributed by atoms with Crippen molar-refractivity contribution in [2.24, 2.45) is 17.4 Å². The number of piperazine rings is 1. The highest BCUT2D eigenvalue weighted by atomic mass is 32.1. The van der Waals surface area contributed by atoms with Gasteiger partial charge in [0.1, 0.15) is 52.9 Å². The number of unbranched alkanes of at least 4 members (excludes halogenated alkanes) is 4. The minimum atomic E-state index is -2.04. The zero-order valence-corrected chi connectivity index (χ0v) is 54.1. The lowest BCUT2D eigenvalue weighted by Crippen LogP contribution is -2.64. The van der Waals surface area contributed by atoms with E-state index in [0.29, 0.717) is 15.6 Å². The van der Waals surface area contributed by atoms with Gasteiger partial charge in [-0.2, -0.15) is 0 Å². The second kappa shape index (κ2) is 34.3. The molecule has 94 heavy (non-hydrogen) atoms. The second-order valence-corrected chi connectivity index (χ2v) is 25.6. The number of aromatic hydroxyl groups is 1. The average molecular weight is 1330 g/mol. The highest BCUT2D eigenvalue weighted by Crippen LogP contribution is 2.33. The third kappa shape index (κ3) is 18.7. The van der Waals surface area contributed by atoms with E-state index in [-0.39, 0.29) is 55.3 Å². The molecule has 4 saturated heterocycles. The number of benzene rings is 3. The molecule has 0 spiro atoms. The maximum Gasteiger partial charge on any atom is 0.251 e. The Bertz CT molecular complexity index is 3190. The van der Waals surface area contributed by atoms with E-state index in [0.717, 1.165) is 73.7 Å². The topological polar surface area (TPSA) is 430 Å². The molecule has 514 valence electrons. The first-order valence-electron chi connectivity index (χ1n) is 32.1. The molecule has 4 aliphatic heterocycles. The molecule has 0 saturated carbocycles. The zero-order valence-electron chi connectivity index (χ0n) is 53.3. The Labute approximate surface area is 549 Å². The van der Waals surface area contributed by atoms with Crippen molar-refractivity contribution in [3.63, 3.8) is 0 Å². The molecule has 0 bridgehead atoms. The Hall–Kier alpha value is -7.49. The third-order valence-corrected chi connectivity index (χ3v) is 18.6. The lowest BCUT2D eigenvalue weighted by atomic mass is 9.98. The monoisotopic (exact) mass is 1330 g/mol. The number of carbonyl (C=O) groups excluding carboxylic acids is 7. The Morgan fingerprint density at radius 3 is 2.01 bits per heavy atom. The lowest BCUT2D eigenvalue weighted by molar-refractivity contribution is -0.147. The summed E-state index contributed by atoms with van der Waals surface area (Å²) < 4.78 is 10.7. The molecular weight excluding hydrogens is 1240 g/mol. The number of nitrogens with one attached hydrogen (secondary N) is 5. The third-order valence-electron chi connectivity index (χ3n) is 17.5. The van der Waals surface area contributed by atoms with Crippen LogP contribution in [0.15, 0.2) is 66.7 Å². The predicted octanol–water partition coefficient (Wildman–Crippen LogP) is -2.07. The van der Waals surface area contributed by atoms with E-state index in [1.165, 1.54) is 74.3 Å². The number of nitrogens with two attached hydrogens (primary N) is 2. The number of aliphatic hydroxyl groups excluding tert-OH is 6. The number of methoxy groups -OCH3 is 1. The predicted molar refractivity (Wildman–Crippen MR) is 346 cm³/mol. The van der Waals surface area contributed by atoms with Crippen LogP contribution < -0.4 is 47.7 Å². The molecule has 1 aromatic heterocycles. The van der Waals surface area contributed by atoms with E-state index in [2.05, 4.69) is 58.7 Å². The molecule has 0 radical (unpaired) electrons. The minimum Gasteiger partial charge on any atom is -0.504 e. The van der Waals surface area contributed by atoms with E-state index in [4.69, 9.17) is 20.9 Å². The van der Waals surface area contributed by atoms with Crippen LogP contribution >= 0.6 is 11.3 Å². The van der Waals surface area contributed by atoms with Crippen LogP contribution in [0.1, 0.15) is 81.1 Å². The molecule has 0 aliphatic carbocycles. The Morgan fingerprint density at radius 2 is 1.35 bits per heavy atom. The van der Waals surface area contributed by atoms with E-state index in [9.17, 15) is 69.3 Å². The standard InChI is InChI=1S/C64H91N13O16S/c1-36-34-77-54(55(36)84)60(89)67-33-43(79)31-45(68-56(85)39-10-12-40(13-11-39)61-72-73-62(94-61)41-14-16-42(17-15-41)75-25-23-74(24-26-75)22-7-5-4-6-8-27-92-3)57(86)69-51(37(2)78)63(90)76-35-44(80)32-46(76)58(87)70-52(59(88)71-53(64(77)91)48(82)19-20-65)49(83)29-38-9-18-47(81)50(30-38)93-28-21-66/h9-18,30,36-37,43-46,48-49,51-55,78-84H,4-8,19-29,31-35,65-66H2,1-3H3,(H,67,89)(H,68,85)(H,69,86)(H,70,87)(H,71,88)/t36-,37+,43+,44+,45-,46-,48+,49+,51-,52-,53-,54-,55-/m0/s1. The molecule has 4 fully saturated rings. The summed E-state index contributed by atoms with van der Waals surface area (Å²) in [6.07, 6.45) is -5.89. The fourth-order valence-electron chi connectivity index (χ4n) is 12.2. The van der Waals surface area contributed by atoms with Crippen LogP contribution in [0.4, 0.5) is 5.69 Å². The summed E-state index contributed by atoms with van der Waals surface area (Å²) in [4.78, 5) is 108. The molecular formula is C64H91N13O16S.